The number of carbonyl (C=O) groups is 1. The second kappa shape index (κ2) is 10.5. The molecule has 1 saturated heterocycles. The highest BCUT2D eigenvalue weighted by atomic mass is 16.5. The Bertz CT molecular complexity index is 1400. The summed E-state index contributed by atoms with van der Waals surface area (Å²) in [7, 11) is 2.07. The molecule has 0 bridgehead atoms. The number of likely N-dealkylation sites (N-methyl/N-ethyl adjacent to an activating group) is 1. The van der Waals surface area contributed by atoms with Crippen LogP contribution in [-0.2, 0) is 0 Å². The summed E-state index contributed by atoms with van der Waals surface area (Å²) in [6.45, 7) is 6.72. The summed E-state index contributed by atoms with van der Waals surface area (Å²) >= 11 is 0. The van der Waals surface area contributed by atoms with E-state index in [9.17, 15) is 9.90 Å². The van der Waals surface area contributed by atoms with E-state index in [0.717, 1.165) is 42.8 Å². The van der Waals surface area contributed by atoms with E-state index >= 15 is 0 Å². The minimum atomic E-state index is -0.593. The first-order valence-corrected chi connectivity index (χ1v) is 12.4. The number of amides is 1. The molecule has 1 aromatic carbocycles. The maximum atomic E-state index is 13.0. The normalized spacial score (nSPS) is 15.9. The van der Waals surface area contributed by atoms with Crippen molar-refractivity contribution in [2.75, 3.05) is 38.5 Å². The molecule has 10 nitrogen and oxygen atoms in total. The fraction of sp³-hybridized carbons (Fsp3) is 0.333. The van der Waals surface area contributed by atoms with Gasteiger partial charge in [0.1, 0.15) is 17.5 Å². The topological polar surface area (TPSA) is 119 Å². The van der Waals surface area contributed by atoms with Gasteiger partial charge in [0.15, 0.2) is 0 Å². The van der Waals surface area contributed by atoms with Gasteiger partial charge >= 0.3 is 0 Å². The van der Waals surface area contributed by atoms with Gasteiger partial charge in [0.25, 0.3) is 5.91 Å². The highest BCUT2D eigenvalue weighted by Gasteiger charge is 2.21. The molecule has 1 aliphatic rings. The maximum Gasteiger partial charge on any atom is 0.270 e. The van der Waals surface area contributed by atoms with Gasteiger partial charge in [0, 0.05) is 61.2 Å². The van der Waals surface area contributed by atoms with Crippen LogP contribution in [0.5, 0.6) is 5.75 Å². The summed E-state index contributed by atoms with van der Waals surface area (Å²) in [6, 6.07) is 13.0. The van der Waals surface area contributed by atoms with E-state index in [1.54, 1.807) is 37.5 Å². The van der Waals surface area contributed by atoms with Crippen LogP contribution in [0.4, 0.5) is 11.6 Å². The van der Waals surface area contributed by atoms with Crippen molar-refractivity contribution < 1.29 is 14.6 Å². The summed E-state index contributed by atoms with van der Waals surface area (Å²) in [5.74, 6) is 1.05. The number of aliphatic hydroxyl groups excluding tert-OH is 1. The van der Waals surface area contributed by atoms with E-state index in [1.165, 1.54) is 0 Å². The summed E-state index contributed by atoms with van der Waals surface area (Å²) in [5.41, 5.74) is 3.56. The summed E-state index contributed by atoms with van der Waals surface area (Å²) in [5, 5.41) is 13.9. The molecule has 192 valence electrons. The molecule has 1 aliphatic heterocycles. The molecule has 3 N–H and O–H groups in total. The Kier molecular flexibility index (Phi) is 7.02. The average Bonchev–Trinajstić information content (AvgIpc) is 3.32. The fourth-order valence-corrected chi connectivity index (χ4v) is 4.13. The van der Waals surface area contributed by atoms with E-state index in [-0.39, 0.29) is 12.0 Å². The number of hydrogen-bond acceptors (Lipinski definition) is 8. The second-order valence-corrected chi connectivity index (χ2v) is 9.41. The minimum Gasteiger partial charge on any atom is -0.488 e. The number of nitrogens with zero attached hydrogens (tertiary/aromatic N) is 5. The number of nitrogens with one attached hydrogen (secondary N) is 2. The van der Waals surface area contributed by atoms with E-state index in [2.05, 4.69) is 37.2 Å². The molecule has 0 aliphatic carbocycles. The van der Waals surface area contributed by atoms with Crippen LogP contribution in [0.15, 0.2) is 54.9 Å². The first-order chi connectivity index (χ1) is 17.9. The Balaban J connectivity index is 1.31. The molecule has 4 aromatic rings. The van der Waals surface area contributed by atoms with Crippen LogP contribution in [0.1, 0.15) is 24.3 Å². The van der Waals surface area contributed by atoms with Gasteiger partial charge < -0.3 is 29.9 Å². The first kappa shape index (κ1) is 24.7. The maximum absolute atomic E-state index is 13.0. The van der Waals surface area contributed by atoms with Crippen molar-refractivity contribution in [3.63, 3.8) is 0 Å². The van der Waals surface area contributed by atoms with Gasteiger partial charge in [0.05, 0.1) is 17.5 Å². The number of aromatic nitrogens is 4. The number of pyridine rings is 1. The number of fused-ring (bicyclic) bond motifs is 1. The van der Waals surface area contributed by atoms with E-state index in [1.807, 2.05) is 36.1 Å². The Morgan fingerprint density at radius 3 is 2.59 bits per heavy atom. The number of ether oxygens (including phenoxy) is 1. The number of rotatable bonds is 7. The third-order valence-corrected chi connectivity index (χ3v) is 6.55. The molecule has 0 spiro atoms. The van der Waals surface area contributed by atoms with Crippen LogP contribution < -0.4 is 10.1 Å². The molecule has 2 atom stereocenters. The molecule has 0 radical (unpaired) electrons. The van der Waals surface area contributed by atoms with Crippen LogP contribution in [-0.4, -0.2) is 86.2 Å². The van der Waals surface area contributed by atoms with Gasteiger partial charge in [-0.25, -0.2) is 9.97 Å². The number of aromatic amines is 1. The summed E-state index contributed by atoms with van der Waals surface area (Å²) in [4.78, 5) is 33.7. The number of H-pyrrole nitrogens is 1. The monoisotopic (exact) mass is 501 g/mol. The number of piperazine rings is 1. The zero-order valence-electron chi connectivity index (χ0n) is 21.2. The van der Waals surface area contributed by atoms with Crippen molar-refractivity contribution in [2.45, 2.75) is 26.1 Å². The first-order valence-electron chi connectivity index (χ1n) is 12.4. The molecular formula is C27H31N7O3. The highest BCUT2D eigenvalue weighted by Crippen LogP contribution is 2.25. The second-order valence-electron chi connectivity index (χ2n) is 9.41. The van der Waals surface area contributed by atoms with Gasteiger partial charge in [-0.15, -0.1) is 0 Å². The Morgan fingerprint density at radius 1 is 1.03 bits per heavy atom. The predicted molar refractivity (Wildman–Crippen MR) is 142 cm³/mol. The lowest BCUT2D eigenvalue weighted by Gasteiger charge is -2.32. The van der Waals surface area contributed by atoms with E-state index in [4.69, 9.17) is 4.74 Å². The molecule has 5 rings (SSSR count). The zero-order valence-corrected chi connectivity index (χ0v) is 21.2. The number of anilines is 2. The number of benzene rings is 1. The van der Waals surface area contributed by atoms with Crippen molar-refractivity contribution >= 4 is 28.4 Å². The Morgan fingerprint density at radius 2 is 1.81 bits per heavy atom. The zero-order chi connectivity index (χ0) is 25.9. The quantitative estimate of drug-likeness (QED) is 0.353. The van der Waals surface area contributed by atoms with Crippen LogP contribution in [0.3, 0.4) is 0 Å². The summed E-state index contributed by atoms with van der Waals surface area (Å²) in [6.07, 6.45) is 2.37. The Hall–Kier alpha value is -4.02. The SMILES string of the molecule is CC(O)[C@@H](C)Oc1ccnc(-c2ccnc(Nc3ccc4[nH]c(C(=O)N5CCN(C)CC5)cc4c3)n2)c1. The lowest BCUT2D eigenvalue weighted by molar-refractivity contribution is 0.0604. The molecule has 1 fully saturated rings. The molecule has 37 heavy (non-hydrogen) atoms. The largest absolute Gasteiger partial charge is 0.488 e. The van der Waals surface area contributed by atoms with E-state index in [0.29, 0.717) is 28.8 Å². The Labute approximate surface area is 215 Å². The highest BCUT2D eigenvalue weighted by molar-refractivity contribution is 5.98. The van der Waals surface area contributed by atoms with Crippen LogP contribution >= 0.6 is 0 Å². The molecule has 0 saturated carbocycles. The summed E-state index contributed by atoms with van der Waals surface area (Å²) < 4.78 is 5.79. The lowest BCUT2D eigenvalue weighted by Crippen LogP contribution is -2.47. The molecule has 10 heteroatoms. The van der Waals surface area contributed by atoms with Crippen molar-refractivity contribution in [3.05, 3.63) is 60.6 Å². The molecule has 3 aromatic heterocycles. The van der Waals surface area contributed by atoms with Crippen LogP contribution in [0, 0.1) is 0 Å². The van der Waals surface area contributed by atoms with Crippen LogP contribution in [0.25, 0.3) is 22.3 Å². The van der Waals surface area contributed by atoms with Gasteiger partial charge in [-0.2, -0.15) is 0 Å². The third-order valence-electron chi connectivity index (χ3n) is 6.55. The lowest BCUT2D eigenvalue weighted by atomic mass is 10.2. The van der Waals surface area contributed by atoms with E-state index < -0.39 is 6.10 Å². The van der Waals surface area contributed by atoms with Crippen molar-refractivity contribution in [1.29, 1.82) is 0 Å². The predicted octanol–water partition coefficient (Wildman–Crippen LogP) is 3.30. The molecule has 1 unspecified atom stereocenters. The molecule has 1 amide bonds. The third kappa shape index (κ3) is 5.71. The van der Waals surface area contributed by atoms with Crippen LogP contribution in [0.2, 0.25) is 0 Å². The van der Waals surface area contributed by atoms with Gasteiger partial charge in [-0.3, -0.25) is 9.78 Å². The van der Waals surface area contributed by atoms with Crippen molar-refractivity contribution in [3.8, 4) is 17.1 Å². The minimum absolute atomic E-state index is 0.0244. The standard InChI is InChI=1S/C27H31N7O3/c1-17(35)18(2)37-21-6-8-28-24(16-21)23-7-9-29-27(32-23)30-20-4-5-22-19(14-20)15-25(31-22)26(36)34-12-10-33(3)11-13-34/h4-9,14-18,31,35H,10-13H2,1-3H3,(H,29,30,32)/t17?,18-/m1/s1. The number of hydrogen-bond donors (Lipinski definition) is 3. The molecular weight excluding hydrogens is 470 g/mol. The fourth-order valence-electron chi connectivity index (χ4n) is 4.13. The van der Waals surface area contributed by atoms with Crippen molar-refractivity contribution in [1.82, 2.24) is 29.7 Å². The average molecular weight is 502 g/mol. The van der Waals surface area contributed by atoms with Gasteiger partial charge in [-0.1, -0.05) is 0 Å². The van der Waals surface area contributed by atoms with Gasteiger partial charge in [-0.05, 0) is 57.3 Å². The van der Waals surface area contributed by atoms with Crippen molar-refractivity contribution in [2.24, 2.45) is 0 Å². The smallest absolute Gasteiger partial charge is 0.270 e. The number of aliphatic hydroxyl groups is 1. The molecule has 4 heterocycles. The number of carbonyl (C=O) groups excluding carboxylic acids is 1. The van der Waals surface area contributed by atoms with Gasteiger partial charge in [0.2, 0.25) is 5.95 Å².